The molecular formula is C14H19BrClNO2. The van der Waals surface area contributed by atoms with Crippen molar-refractivity contribution in [1.29, 1.82) is 0 Å². The Hall–Kier alpha value is -0.450. The van der Waals surface area contributed by atoms with Crippen molar-refractivity contribution in [3.8, 4) is 11.5 Å². The molecule has 19 heavy (non-hydrogen) atoms. The van der Waals surface area contributed by atoms with Crippen LogP contribution >= 0.6 is 28.3 Å². The van der Waals surface area contributed by atoms with Gasteiger partial charge in [0.05, 0.1) is 0 Å². The van der Waals surface area contributed by atoms with Gasteiger partial charge < -0.3 is 15.2 Å². The van der Waals surface area contributed by atoms with Crippen LogP contribution < -0.4 is 15.2 Å². The minimum Gasteiger partial charge on any atom is -0.454 e. The van der Waals surface area contributed by atoms with Crippen molar-refractivity contribution < 1.29 is 9.47 Å². The molecule has 1 saturated carbocycles. The van der Waals surface area contributed by atoms with Crippen molar-refractivity contribution in [2.45, 2.75) is 38.1 Å². The van der Waals surface area contributed by atoms with Gasteiger partial charge in [-0.1, -0.05) is 35.2 Å². The number of rotatable bonds is 2. The maximum Gasteiger partial charge on any atom is 0.231 e. The molecular weight excluding hydrogens is 330 g/mol. The highest BCUT2D eigenvalue weighted by Crippen LogP contribution is 2.42. The molecule has 0 unspecified atom stereocenters. The number of ether oxygens (including phenoxy) is 2. The first-order valence-corrected chi connectivity index (χ1v) is 7.39. The Morgan fingerprint density at radius 2 is 1.74 bits per heavy atom. The average molecular weight is 349 g/mol. The second-order valence-corrected chi connectivity index (χ2v) is 6.01. The van der Waals surface area contributed by atoms with Crippen molar-refractivity contribution in [1.82, 2.24) is 0 Å². The molecule has 106 valence electrons. The SMILES string of the molecule is Cl.N[C@@H](c1cc2c(cc1Br)OCO2)C1CCCCC1. The maximum atomic E-state index is 6.44. The van der Waals surface area contributed by atoms with Crippen LogP contribution in [0, 0.1) is 5.92 Å². The van der Waals surface area contributed by atoms with Crippen LogP contribution in [-0.2, 0) is 0 Å². The number of hydrogen-bond donors (Lipinski definition) is 1. The van der Waals surface area contributed by atoms with E-state index in [2.05, 4.69) is 15.9 Å². The monoisotopic (exact) mass is 347 g/mol. The van der Waals surface area contributed by atoms with Crippen molar-refractivity contribution >= 4 is 28.3 Å². The smallest absolute Gasteiger partial charge is 0.231 e. The van der Waals surface area contributed by atoms with Gasteiger partial charge in [-0.3, -0.25) is 0 Å². The van der Waals surface area contributed by atoms with E-state index in [4.69, 9.17) is 15.2 Å². The molecule has 0 saturated heterocycles. The Kier molecular flexibility index (Phi) is 4.98. The van der Waals surface area contributed by atoms with E-state index in [-0.39, 0.29) is 18.4 Å². The quantitative estimate of drug-likeness (QED) is 0.872. The lowest BCUT2D eigenvalue weighted by Gasteiger charge is -2.28. The molecule has 0 bridgehead atoms. The van der Waals surface area contributed by atoms with Crippen LogP contribution in [0.1, 0.15) is 43.7 Å². The average Bonchev–Trinajstić information content (AvgIpc) is 2.85. The van der Waals surface area contributed by atoms with Crippen LogP contribution in [-0.4, -0.2) is 6.79 Å². The van der Waals surface area contributed by atoms with Crippen molar-refractivity contribution in [2.24, 2.45) is 11.7 Å². The summed E-state index contributed by atoms with van der Waals surface area (Å²) in [7, 11) is 0. The highest BCUT2D eigenvalue weighted by Gasteiger charge is 2.26. The summed E-state index contributed by atoms with van der Waals surface area (Å²) in [4.78, 5) is 0. The Bertz CT molecular complexity index is 449. The highest BCUT2D eigenvalue weighted by atomic mass is 79.9. The van der Waals surface area contributed by atoms with Crippen LogP contribution in [0.4, 0.5) is 0 Å². The lowest BCUT2D eigenvalue weighted by Crippen LogP contribution is -2.23. The second-order valence-electron chi connectivity index (χ2n) is 5.15. The van der Waals surface area contributed by atoms with Gasteiger partial charge >= 0.3 is 0 Å². The van der Waals surface area contributed by atoms with Gasteiger partial charge in [0.2, 0.25) is 6.79 Å². The highest BCUT2D eigenvalue weighted by molar-refractivity contribution is 9.10. The minimum atomic E-state index is 0. The number of nitrogens with two attached hydrogens (primary N) is 1. The molecule has 1 aromatic rings. The van der Waals surface area contributed by atoms with Gasteiger partial charge in [0, 0.05) is 10.5 Å². The molecule has 1 atom stereocenters. The topological polar surface area (TPSA) is 44.5 Å². The summed E-state index contributed by atoms with van der Waals surface area (Å²) in [6, 6.07) is 4.10. The largest absolute Gasteiger partial charge is 0.454 e. The Morgan fingerprint density at radius 1 is 1.11 bits per heavy atom. The molecule has 3 rings (SSSR count). The molecule has 1 heterocycles. The third-order valence-corrected chi connectivity index (χ3v) is 4.70. The summed E-state index contributed by atoms with van der Waals surface area (Å²) < 4.78 is 11.8. The Labute approximate surface area is 128 Å². The molecule has 1 aliphatic heterocycles. The summed E-state index contributed by atoms with van der Waals surface area (Å²) in [5, 5.41) is 0. The van der Waals surface area contributed by atoms with Gasteiger partial charge in [-0.25, -0.2) is 0 Å². The fourth-order valence-electron chi connectivity index (χ4n) is 2.94. The number of halogens is 2. The van der Waals surface area contributed by atoms with Crippen LogP contribution in [0.5, 0.6) is 11.5 Å². The lowest BCUT2D eigenvalue weighted by atomic mass is 9.81. The molecule has 2 aliphatic rings. The molecule has 1 fully saturated rings. The van der Waals surface area contributed by atoms with Crippen molar-refractivity contribution in [3.05, 3.63) is 22.2 Å². The van der Waals surface area contributed by atoms with E-state index in [9.17, 15) is 0 Å². The molecule has 0 aromatic heterocycles. The Morgan fingerprint density at radius 3 is 2.42 bits per heavy atom. The van der Waals surface area contributed by atoms with Gasteiger partial charge in [0.15, 0.2) is 11.5 Å². The van der Waals surface area contributed by atoms with Gasteiger partial charge in [-0.2, -0.15) is 0 Å². The second kappa shape index (κ2) is 6.33. The molecule has 3 nitrogen and oxygen atoms in total. The molecule has 1 aliphatic carbocycles. The summed E-state index contributed by atoms with van der Waals surface area (Å²) in [5.41, 5.74) is 7.58. The minimum absolute atomic E-state index is 0. The van der Waals surface area contributed by atoms with Gasteiger partial charge in [-0.15, -0.1) is 12.4 Å². The first kappa shape index (κ1) is 14.9. The van der Waals surface area contributed by atoms with Gasteiger partial charge in [0.1, 0.15) is 0 Å². The predicted octanol–water partition coefficient (Wildman–Crippen LogP) is 4.18. The lowest BCUT2D eigenvalue weighted by molar-refractivity contribution is 0.174. The van der Waals surface area contributed by atoms with Crippen LogP contribution in [0.15, 0.2) is 16.6 Å². The number of hydrogen-bond acceptors (Lipinski definition) is 3. The fourth-order valence-corrected chi connectivity index (χ4v) is 3.52. The van der Waals surface area contributed by atoms with Crippen LogP contribution in [0.2, 0.25) is 0 Å². The van der Waals surface area contributed by atoms with Crippen molar-refractivity contribution in [3.63, 3.8) is 0 Å². The third kappa shape index (κ3) is 3.01. The molecule has 5 heteroatoms. The standard InChI is InChI=1S/C14H18BrNO2.ClH/c15-11-7-13-12(17-8-18-13)6-10(11)14(16)9-4-2-1-3-5-9;/h6-7,9,14H,1-5,8,16H2;1H/t14-;/m1./s1. The first-order chi connectivity index (χ1) is 8.75. The molecule has 0 amide bonds. The summed E-state index contributed by atoms with van der Waals surface area (Å²) >= 11 is 3.60. The van der Waals surface area contributed by atoms with E-state index in [1.807, 2.05) is 12.1 Å². The zero-order chi connectivity index (χ0) is 12.5. The van der Waals surface area contributed by atoms with Crippen LogP contribution in [0.25, 0.3) is 0 Å². The Balaban J connectivity index is 0.00000133. The molecule has 2 N–H and O–H groups in total. The normalized spacial score (nSPS) is 19.9. The van der Waals surface area contributed by atoms with E-state index in [1.165, 1.54) is 32.1 Å². The van der Waals surface area contributed by atoms with E-state index in [1.54, 1.807) is 0 Å². The molecule has 0 spiro atoms. The first-order valence-electron chi connectivity index (χ1n) is 6.60. The van der Waals surface area contributed by atoms with E-state index >= 15 is 0 Å². The van der Waals surface area contributed by atoms with E-state index < -0.39 is 0 Å². The fraction of sp³-hybridized carbons (Fsp3) is 0.571. The summed E-state index contributed by atoms with van der Waals surface area (Å²) in [6.45, 7) is 0.309. The van der Waals surface area contributed by atoms with Gasteiger partial charge in [-0.05, 0) is 36.5 Å². The third-order valence-electron chi connectivity index (χ3n) is 4.01. The van der Waals surface area contributed by atoms with E-state index in [0.29, 0.717) is 12.7 Å². The van der Waals surface area contributed by atoms with E-state index in [0.717, 1.165) is 21.5 Å². The number of fused-ring (bicyclic) bond motifs is 1. The summed E-state index contributed by atoms with van der Waals surface area (Å²) in [6.07, 6.45) is 6.44. The zero-order valence-corrected chi connectivity index (χ0v) is 13.1. The summed E-state index contributed by atoms with van der Waals surface area (Å²) in [5.74, 6) is 2.22. The maximum absolute atomic E-state index is 6.44. The number of benzene rings is 1. The van der Waals surface area contributed by atoms with Gasteiger partial charge in [0.25, 0.3) is 0 Å². The molecule has 0 radical (unpaired) electrons. The molecule has 1 aromatic carbocycles. The van der Waals surface area contributed by atoms with Crippen molar-refractivity contribution in [2.75, 3.05) is 6.79 Å². The van der Waals surface area contributed by atoms with Crippen LogP contribution in [0.3, 0.4) is 0 Å². The zero-order valence-electron chi connectivity index (χ0n) is 10.7. The predicted molar refractivity (Wildman–Crippen MR) is 81.0 cm³/mol.